The second-order valence-corrected chi connectivity index (χ2v) is 1.34. The van der Waals surface area contributed by atoms with E-state index in [-0.39, 0.29) is 56.3 Å². The van der Waals surface area contributed by atoms with E-state index in [4.69, 9.17) is 19.2 Å². The fourth-order valence-corrected chi connectivity index (χ4v) is 0. The zero-order chi connectivity index (χ0) is 4.50. The standard InChI is InChI=1S/Ca.H3O4P.V/c;1-5(2,3)4;/h;(H3,1,2,3,4);/q+2;;/p-3. The number of rotatable bonds is 0. The third kappa shape index (κ3) is 73.8. The zero-order valence-corrected chi connectivity index (χ0v) is 7.73. The maximum atomic E-state index is 8.55. The SMILES string of the molecule is O=P([O-])([O-])[O-].[Ca+2].[V]. The largest absolute Gasteiger partial charge is 2.00 e. The van der Waals surface area contributed by atoms with Crippen LogP contribution in [0.25, 0.3) is 0 Å². The van der Waals surface area contributed by atoms with Gasteiger partial charge in [0.15, 0.2) is 0 Å². The molecule has 0 aromatic rings. The molecule has 0 heterocycles. The maximum Gasteiger partial charge on any atom is 2.00 e. The quantitative estimate of drug-likeness (QED) is 0.294. The molecule has 0 unspecified atom stereocenters. The van der Waals surface area contributed by atoms with Crippen LogP contribution in [0.1, 0.15) is 0 Å². The van der Waals surface area contributed by atoms with Crippen LogP contribution in [0.5, 0.6) is 0 Å². The van der Waals surface area contributed by atoms with Gasteiger partial charge in [-0.3, -0.25) is 0 Å². The van der Waals surface area contributed by atoms with Crippen molar-refractivity contribution in [3.63, 3.8) is 0 Å². The van der Waals surface area contributed by atoms with Crippen molar-refractivity contribution >= 4 is 45.6 Å². The maximum absolute atomic E-state index is 8.55. The molecule has 0 aliphatic rings. The van der Waals surface area contributed by atoms with Gasteiger partial charge in [-0.1, -0.05) is 0 Å². The van der Waals surface area contributed by atoms with Crippen LogP contribution in [0, 0.1) is 0 Å². The Morgan fingerprint density at radius 3 is 1.14 bits per heavy atom. The van der Waals surface area contributed by atoms with E-state index >= 15 is 0 Å². The molecule has 7 heteroatoms. The first-order valence-corrected chi connectivity index (χ1v) is 2.19. The molecule has 0 aromatic heterocycles. The van der Waals surface area contributed by atoms with Gasteiger partial charge in [-0.15, -0.1) is 0 Å². The molecule has 0 spiro atoms. The van der Waals surface area contributed by atoms with Gasteiger partial charge in [-0.25, -0.2) is 0 Å². The predicted molar refractivity (Wildman–Crippen MR) is 13.4 cm³/mol. The van der Waals surface area contributed by atoms with E-state index < -0.39 is 7.82 Å². The number of hydrogen-bond donors (Lipinski definition) is 0. The summed E-state index contributed by atoms with van der Waals surface area (Å²) in [6, 6.07) is 0. The first kappa shape index (κ1) is 16.0. The minimum absolute atomic E-state index is 0. The molecule has 0 N–H and O–H groups in total. The van der Waals surface area contributed by atoms with Gasteiger partial charge in [0.1, 0.15) is 0 Å². The van der Waals surface area contributed by atoms with Crippen molar-refractivity contribution in [3.8, 4) is 0 Å². The topological polar surface area (TPSA) is 86.2 Å². The van der Waals surface area contributed by atoms with Crippen molar-refractivity contribution in [1.82, 2.24) is 0 Å². The van der Waals surface area contributed by atoms with Gasteiger partial charge in [-0.05, 0) is 0 Å². The summed E-state index contributed by atoms with van der Waals surface area (Å²) in [4.78, 5) is 25.6. The molecule has 37 valence electrons. The Bertz CT molecular complexity index is 57.8. The van der Waals surface area contributed by atoms with Crippen LogP contribution >= 0.6 is 7.82 Å². The molecule has 0 aliphatic heterocycles. The molecule has 0 amide bonds. The van der Waals surface area contributed by atoms with Gasteiger partial charge < -0.3 is 19.2 Å². The molecular weight excluding hydrogens is 186 g/mol. The predicted octanol–water partition coefficient (Wildman–Crippen LogP) is -3.21. The van der Waals surface area contributed by atoms with Crippen molar-refractivity contribution in [3.05, 3.63) is 0 Å². The summed E-state index contributed by atoms with van der Waals surface area (Å²) >= 11 is 0. The first-order valence-electron chi connectivity index (χ1n) is 0.730. The monoisotopic (exact) mass is 186 g/mol. The van der Waals surface area contributed by atoms with Crippen LogP contribution in [-0.2, 0) is 23.1 Å². The van der Waals surface area contributed by atoms with Crippen molar-refractivity contribution in [1.29, 1.82) is 0 Å². The number of phosphoric acid groups is 1. The molecule has 0 bridgehead atoms. The Hall–Kier alpha value is 1.95. The third-order valence-corrected chi connectivity index (χ3v) is 0. The minimum Gasteiger partial charge on any atom is -0.822 e. The van der Waals surface area contributed by atoms with Gasteiger partial charge in [0, 0.05) is 18.6 Å². The molecule has 7 heavy (non-hydrogen) atoms. The minimum atomic E-state index is -5.39. The third-order valence-electron chi connectivity index (χ3n) is 0. The Morgan fingerprint density at radius 1 is 1.14 bits per heavy atom. The van der Waals surface area contributed by atoms with E-state index in [0.29, 0.717) is 0 Å². The zero-order valence-electron chi connectivity index (χ0n) is 3.23. The van der Waals surface area contributed by atoms with Crippen LogP contribution in [0.4, 0.5) is 0 Å². The Kier molecular flexibility index (Phi) is 13.9. The summed E-state index contributed by atoms with van der Waals surface area (Å²) in [5, 5.41) is 0. The number of hydrogen-bond acceptors (Lipinski definition) is 4. The second kappa shape index (κ2) is 6.08. The molecule has 0 aliphatic carbocycles. The summed E-state index contributed by atoms with van der Waals surface area (Å²) in [6.07, 6.45) is 0. The Labute approximate surface area is 82.4 Å². The molecule has 0 saturated heterocycles. The fraction of sp³-hybridized carbons (Fsp3) is 0. The van der Waals surface area contributed by atoms with Gasteiger partial charge >= 0.3 is 37.7 Å². The van der Waals surface area contributed by atoms with Crippen LogP contribution in [0.3, 0.4) is 0 Å². The average Bonchev–Trinajstić information content (AvgIpc) is 0.722. The van der Waals surface area contributed by atoms with Crippen molar-refractivity contribution in [2.24, 2.45) is 0 Å². The molecule has 0 fully saturated rings. The van der Waals surface area contributed by atoms with E-state index in [0.717, 1.165) is 0 Å². The van der Waals surface area contributed by atoms with Gasteiger partial charge in [-0.2, -0.15) is 7.82 Å². The van der Waals surface area contributed by atoms with E-state index in [1.165, 1.54) is 0 Å². The van der Waals surface area contributed by atoms with Crippen molar-refractivity contribution < 1.29 is 37.8 Å². The molecule has 0 aromatic carbocycles. The van der Waals surface area contributed by atoms with Crippen molar-refractivity contribution in [2.75, 3.05) is 0 Å². The normalized spacial score (nSPS) is 8.43. The van der Waals surface area contributed by atoms with E-state index in [1.807, 2.05) is 0 Å². The van der Waals surface area contributed by atoms with E-state index in [2.05, 4.69) is 0 Å². The summed E-state index contributed by atoms with van der Waals surface area (Å²) in [5.41, 5.74) is 0. The van der Waals surface area contributed by atoms with Gasteiger partial charge in [0.25, 0.3) is 0 Å². The summed E-state index contributed by atoms with van der Waals surface area (Å²) in [7, 11) is -5.39. The molecule has 1 radical (unpaired) electrons. The molecular formula is CaO4PV-. The van der Waals surface area contributed by atoms with Crippen LogP contribution in [-0.4, -0.2) is 37.7 Å². The first-order chi connectivity index (χ1) is 2.00. The van der Waals surface area contributed by atoms with Crippen LogP contribution < -0.4 is 14.7 Å². The smallest absolute Gasteiger partial charge is 0.822 e. The summed E-state index contributed by atoms with van der Waals surface area (Å²) in [6.45, 7) is 0. The van der Waals surface area contributed by atoms with Gasteiger partial charge in [0.05, 0.1) is 0 Å². The Balaban J connectivity index is -0.0000000800. The average molecular weight is 186 g/mol. The summed E-state index contributed by atoms with van der Waals surface area (Å²) in [5.74, 6) is 0. The fourth-order valence-electron chi connectivity index (χ4n) is 0. The van der Waals surface area contributed by atoms with Gasteiger partial charge in [0.2, 0.25) is 0 Å². The molecule has 4 nitrogen and oxygen atoms in total. The molecule has 0 atom stereocenters. The van der Waals surface area contributed by atoms with Crippen LogP contribution in [0.2, 0.25) is 0 Å². The summed E-state index contributed by atoms with van der Waals surface area (Å²) < 4.78 is 8.55. The van der Waals surface area contributed by atoms with E-state index in [1.54, 1.807) is 0 Å². The van der Waals surface area contributed by atoms with E-state index in [9.17, 15) is 0 Å². The molecule has 0 rings (SSSR count). The Morgan fingerprint density at radius 2 is 1.14 bits per heavy atom. The van der Waals surface area contributed by atoms with Crippen molar-refractivity contribution in [2.45, 2.75) is 0 Å². The van der Waals surface area contributed by atoms with Crippen LogP contribution in [0.15, 0.2) is 0 Å². The molecule has 0 saturated carbocycles. The second-order valence-electron chi connectivity index (χ2n) is 0.447.